The Kier molecular flexibility index (Phi) is 5.51. The Labute approximate surface area is 150 Å². The Morgan fingerprint density at radius 3 is 2.69 bits per heavy atom. The van der Waals surface area contributed by atoms with Crippen LogP contribution < -0.4 is 14.8 Å². The second-order valence-electron chi connectivity index (χ2n) is 5.87. The number of ether oxygens (including phenoxy) is 2. The molecule has 0 unspecified atom stereocenters. The zero-order valence-electron chi connectivity index (χ0n) is 14.6. The lowest BCUT2D eigenvalue weighted by molar-refractivity contribution is 0.0818. The SMILES string of the molecule is COc1cccc2c(NCc3cccc(OCC(F)F)c3)cc(C)nc12. The molecule has 1 N–H and O–H groups in total. The van der Waals surface area contributed by atoms with Crippen LogP contribution in [0.15, 0.2) is 48.5 Å². The number of fused-ring (bicyclic) bond motifs is 1. The van der Waals surface area contributed by atoms with Crippen LogP contribution in [0.1, 0.15) is 11.3 Å². The van der Waals surface area contributed by atoms with Crippen LogP contribution in [0.2, 0.25) is 0 Å². The smallest absolute Gasteiger partial charge is 0.272 e. The molecule has 2 aromatic carbocycles. The summed E-state index contributed by atoms with van der Waals surface area (Å²) < 4.78 is 35.0. The van der Waals surface area contributed by atoms with Crippen molar-refractivity contribution in [2.24, 2.45) is 0 Å². The van der Waals surface area contributed by atoms with Crippen molar-refractivity contribution in [1.29, 1.82) is 0 Å². The maximum absolute atomic E-state index is 12.3. The monoisotopic (exact) mass is 358 g/mol. The zero-order valence-corrected chi connectivity index (χ0v) is 14.6. The lowest BCUT2D eigenvalue weighted by Crippen LogP contribution is -2.07. The summed E-state index contributed by atoms with van der Waals surface area (Å²) >= 11 is 0. The van der Waals surface area contributed by atoms with Gasteiger partial charge >= 0.3 is 0 Å². The van der Waals surface area contributed by atoms with E-state index in [1.54, 1.807) is 25.3 Å². The van der Waals surface area contributed by atoms with Crippen molar-refractivity contribution in [2.75, 3.05) is 19.0 Å². The van der Waals surface area contributed by atoms with Crippen molar-refractivity contribution in [3.63, 3.8) is 0 Å². The van der Waals surface area contributed by atoms with Crippen LogP contribution in [-0.2, 0) is 6.54 Å². The van der Waals surface area contributed by atoms with Crippen LogP contribution in [0.25, 0.3) is 10.9 Å². The third-order valence-corrected chi connectivity index (χ3v) is 3.91. The lowest BCUT2D eigenvalue weighted by atomic mass is 10.1. The summed E-state index contributed by atoms with van der Waals surface area (Å²) in [6.07, 6.45) is -2.49. The minimum atomic E-state index is -2.49. The van der Waals surface area contributed by atoms with Gasteiger partial charge in [0.1, 0.15) is 23.6 Å². The molecule has 26 heavy (non-hydrogen) atoms. The fourth-order valence-electron chi connectivity index (χ4n) is 2.76. The number of benzene rings is 2. The molecule has 3 aromatic rings. The van der Waals surface area contributed by atoms with Crippen molar-refractivity contribution in [3.05, 3.63) is 59.8 Å². The van der Waals surface area contributed by atoms with Crippen molar-refractivity contribution in [3.8, 4) is 11.5 Å². The average Bonchev–Trinajstić information content (AvgIpc) is 2.64. The van der Waals surface area contributed by atoms with Crippen LogP contribution >= 0.6 is 0 Å². The molecule has 0 fully saturated rings. The third kappa shape index (κ3) is 4.20. The fourth-order valence-corrected chi connectivity index (χ4v) is 2.76. The second-order valence-corrected chi connectivity index (χ2v) is 5.87. The first-order chi connectivity index (χ1) is 12.6. The number of aromatic nitrogens is 1. The number of nitrogens with one attached hydrogen (secondary N) is 1. The fraction of sp³-hybridized carbons (Fsp3) is 0.250. The summed E-state index contributed by atoms with van der Waals surface area (Å²) in [4.78, 5) is 4.56. The van der Waals surface area contributed by atoms with E-state index < -0.39 is 13.0 Å². The van der Waals surface area contributed by atoms with Crippen LogP contribution in [0, 0.1) is 6.92 Å². The molecule has 0 saturated heterocycles. The molecular formula is C20H20F2N2O2. The van der Waals surface area contributed by atoms with Gasteiger partial charge in [0.15, 0.2) is 0 Å². The predicted molar refractivity (Wildman–Crippen MR) is 98.3 cm³/mol. The molecule has 1 heterocycles. The molecule has 0 radical (unpaired) electrons. The van der Waals surface area contributed by atoms with Gasteiger partial charge in [0.05, 0.1) is 7.11 Å². The molecule has 0 amide bonds. The number of para-hydroxylation sites is 1. The van der Waals surface area contributed by atoms with Crippen molar-refractivity contribution >= 4 is 16.6 Å². The molecule has 136 valence electrons. The number of halogens is 2. The highest BCUT2D eigenvalue weighted by atomic mass is 19.3. The summed E-state index contributed by atoms with van der Waals surface area (Å²) in [7, 11) is 1.62. The minimum Gasteiger partial charge on any atom is -0.494 e. The Hall–Kier alpha value is -2.89. The van der Waals surface area contributed by atoms with Crippen molar-refractivity contribution in [2.45, 2.75) is 19.9 Å². The normalized spacial score (nSPS) is 11.0. The molecule has 3 rings (SSSR count). The first-order valence-electron chi connectivity index (χ1n) is 8.25. The number of hydrogen-bond donors (Lipinski definition) is 1. The van der Waals surface area contributed by atoms with Gasteiger partial charge in [-0.3, -0.25) is 0 Å². The average molecular weight is 358 g/mol. The van der Waals surface area contributed by atoms with E-state index in [1.165, 1.54) is 0 Å². The van der Waals surface area contributed by atoms with E-state index in [1.807, 2.05) is 37.3 Å². The number of aryl methyl sites for hydroxylation is 1. The molecule has 0 aliphatic heterocycles. The number of anilines is 1. The largest absolute Gasteiger partial charge is 0.494 e. The molecule has 0 aliphatic carbocycles. The standard InChI is InChI=1S/C20H20F2N2O2/c1-13-9-17(16-7-4-8-18(25-2)20(16)24-13)23-11-14-5-3-6-15(10-14)26-12-19(21)22/h3-10,19H,11-12H2,1-2H3,(H,23,24). The Morgan fingerprint density at radius 2 is 1.92 bits per heavy atom. The number of rotatable bonds is 7. The molecular weight excluding hydrogens is 338 g/mol. The zero-order chi connectivity index (χ0) is 18.5. The first-order valence-corrected chi connectivity index (χ1v) is 8.25. The Bertz CT molecular complexity index is 900. The number of hydrogen-bond acceptors (Lipinski definition) is 4. The number of alkyl halides is 2. The van der Waals surface area contributed by atoms with Gasteiger partial charge in [0.2, 0.25) is 0 Å². The number of methoxy groups -OCH3 is 1. The van der Waals surface area contributed by atoms with E-state index in [0.29, 0.717) is 12.3 Å². The maximum atomic E-state index is 12.3. The van der Waals surface area contributed by atoms with Crippen molar-refractivity contribution in [1.82, 2.24) is 4.98 Å². The number of pyridine rings is 1. The van der Waals surface area contributed by atoms with E-state index >= 15 is 0 Å². The molecule has 0 bridgehead atoms. The Morgan fingerprint density at radius 1 is 1.12 bits per heavy atom. The highest BCUT2D eigenvalue weighted by Gasteiger charge is 2.09. The molecule has 0 atom stereocenters. The summed E-state index contributed by atoms with van der Waals surface area (Å²) in [6, 6.07) is 14.9. The van der Waals surface area contributed by atoms with E-state index in [9.17, 15) is 8.78 Å². The van der Waals surface area contributed by atoms with Crippen molar-refractivity contribution < 1.29 is 18.3 Å². The summed E-state index contributed by atoms with van der Waals surface area (Å²) in [6.45, 7) is 1.85. The van der Waals surface area contributed by atoms with E-state index in [4.69, 9.17) is 9.47 Å². The highest BCUT2D eigenvalue weighted by Crippen LogP contribution is 2.30. The third-order valence-electron chi connectivity index (χ3n) is 3.91. The van der Waals surface area contributed by atoms with Gasteiger partial charge in [-0.25, -0.2) is 13.8 Å². The first kappa shape index (κ1) is 17.9. The summed E-state index contributed by atoms with van der Waals surface area (Å²) in [5.41, 5.74) is 3.54. The summed E-state index contributed by atoms with van der Waals surface area (Å²) in [5.74, 6) is 1.15. The second kappa shape index (κ2) is 7.99. The number of nitrogens with zero attached hydrogens (tertiary/aromatic N) is 1. The molecule has 1 aromatic heterocycles. The van der Waals surface area contributed by atoms with E-state index in [-0.39, 0.29) is 0 Å². The van der Waals surface area contributed by atoms with Crippen LogP contribution in [-0.4, -0.2) is 25.1 Å². The van der Waals surface area contributed by atoms with E-state index in [2.05, 4.69) is 10.3 Å². The lowest BCUT2D eigenvalue weighted by Gasteiger charge is -2.13. The van der Waals surface area contributed by atoms with Gasteiger partial charge < -0.3 is 14.8 Å². The molecule has 4 nitrogen and oxygen atoms in total. The van der Waals surface area contributed by atoms with Gasteiger partial charge in [-0.1, -0.05) is 24.3 Å². The topological polar surface area (TPSA) is 43.4 Å². The highest BCUT2D eigenvalue weighted by molar-refractivity contribution is 5.95. The van der Waals surface area contributed by atoms with Gasteiger partial charge in [-0.15, -0.1) is 0 Å². The quantitative estimate of drug-likeness (QED) is 0.658. The Balaban J connectivity index is 1.81. The molecule has 0 aliphatic rings. The van der Waals surface area contributed by atoms with Crippen LogP contribution in [0.4, 0.5) is 14.5 Å². The van der Waals surface area contributed by atoms with E-state index in [0.717, 1.165) is 33.6 Å². The summed E-state index contributed by atoms with van der Waals surface area (Å²) in [5, 5.41) is 4.35. The minimum absolute atomic E-state index is 0.432. The maximum Gasteiger partial charge on any atom is 0.272 e. The molecule has 0 saturated carbocycles. The van der Waals surface area contributed by atoms with Gasteiger partial charge in [-0.2, -0.15) is 0 Å². The van der Waals surface area contributed by atoms with Gasteiger partial charge in [0, 0.05) is 23.3 Å². The molecule has 6 heteroatoms. The van der Waals surface area contributed by atoms with Crippen LogP contribution in [0.5, 0.6) is 11.5 Å². The molecule has 0 spiro atoms. The van der Waals surface area contributed by atoms with Gasteiger partial charge in [-0.05, 0) is 36.8 Å². The predicted octanol–water partition coefficient (Wildman–Crippen LogP) is 4.81. The van der Waals surface area contributed by atoms with Crippen LogP contribution in [0.3, 0.4) is 0 Å². The van der Waals surface area contributed by atoms with Gasteiger partial charge in [0.25, 0.3) is 6.43 Å².